The van der Waals surface area contributed by atoms with Crippen molar-refractivity contribution in [2.45, 2.75) is 13.0 Å². The first-order valence-electron chi connectivity index (χ1n) is 7.15. The van der Waals surface area contributed by atoms with E-state index in [2.05, 4.69) is 0 Å². The summed E-state index contributed by atoms with van der Waals surface area (Å²) in [5, 5.41) is 21.3. The van der Waals surface area contributed by atoms with E-state index in [0.717, 1.165) is 0 Å². The number of nitrogen functional groups attached to an aromatic ring is 2. The first-order chi connectivity index (χ1) is 11.8. The molecule has 0 radical (unpaired) electrons. The molecule has 0 saturated carbocycles. The van der Waals surface area contributed by atoms with Crippen molar-refractivity contribution in [2.24, 2.45) is 0 Å². The summed E-state index contributed by atoms with van der Waals surface area (Å²) in [6.45, 7) is 1.81. The third-order valence-electron chi connectivity index (χ3n) is 3.21. The molecule has 1 atom stereocenters. The van der Waals surface area contributed by atoms with E-state index in [9.17, 15) is 20.2 Å². The molecule has 10 heteroatoms. The predicted molar refractivity (Wildman–Crippen MR) is 90.6 cm³/mol. The van der Waals surface area contributed by atoms with Gasteiger partial charge in [-0.1, -0.05) is 0 Å². The van der Waals surface area contributed by atoms with E-state index in [1.165, 1.54) is 36.4 Å². The number of nitro benzene ring substituents is 2. The van der Waals surface area contributed by atoms with E-state index in [4.69, 9.17) is 20.9 Å². The van der Waals surface area contributed by atoms with Crippen LogP contribution in [0.2, 0.25) is 0 Å². The van der Waals surface area contributed by atoms with Gasteiger partial charge in [-0.2, -0.15) is 0 Å². The number of nitrogens with two attached hydrogens (primary N) is 2. The van der Waals surface area contributed by atoms with Gasteiger partial charge in [0.1, 0.15) is 24.2 Å². The van der Waals surface area contributed by atoms with Crippen molar-refractivity contribution in [3.8, 4) is 11.5 Å². The van der Waals surface area contributed by atoms with Crippen LogP contribution in [-0.2, 0) is 0 Å². The summed E-state index contributed by atoms with van der Waals surface area (Å²) in [4.78, 5) is 20.2. The van der Waals surface area contributed by atoms with Crippen molar-refractivity contribution in [1.29, 1.82) is 0 Å². The third kappa shape index (κ3) is 4.47. The van der Waals surface area contributed by atoms with Crippen LogP contribution in [0.4, 0.5) is 22.7 Å². The molecule has 0 aliphatic heterocycles. The van der Waals surface area contributed by atoms with Gasteiger partial charge in [0.25, 0.3) is 11.4 Å². The molecule has 4 N–H and O–H groups in total. The molecule has 132 valence electrons. The van der Waals surface area contributed by atoms with Gasteiger partial charge >= 0.3 is 0 Å². The van der Waals surface area contributed by atoms with Crippen LogP contribution in [-0.4, -0.2) is 22.6 Å². The van der Waals surface area contributed by atoms with Gasteiger partial charge in [0.05, 0.1) is 21.2 Å². The molecule has 0 aliphatic carbocycles. The van der Waals surface area contributed by atoms with Crippen molar-refractivity contribution in [2.75, 3.05) is 18.1 Å². The van der Waals surface area contributed by atoms with Crippen LogP contribution in [0.25, 0.3) is 0 Å². The topological polar surface area (TPSA) is 157 Å². The van der Waals surface area contributed by atoms with Gasteiger partial charge in [0.15, 0.2) is 0 Å². The minimum Gasteiger partial charge on any atom is -0.488 e. The number of nitro groups is 2. The van der Waals surface area contributed by atoms with Gasteiger partial charge in [0, 0.05) is 24.3 Å². The maximum Gasteiger partial charge on any atom is 0.271 e. The Balaban J connectivity index is 1.98. The fourth-order valence-electron chi connectivity index (χ4n) is 2.00. The lowest BCUT2D eigenvalue weighted by Crippen LogP contribution is -2.22. The van der Waals surface area contributed by atoms with Crippen LogP contribution >= 0.6 is 0 Å². The minimum atomic E-state index is -0.552. The predicted octanol–water partition coefficient (Wildman–Crippen LogP) is 2.51. The lowest BCUT2D eigenvalue weighted by atomic mass is 10.2. The normalized spacial score (nSPS) is 11.6. The zero-order chi connectivity index (χ0) is 18.6. The molecule has 0 aromatic heterocycles. The summed E-state index contributed by atoms with van der Waals surface area (Å²) in [6.07, 6.45) is -0.446. The number of benzene rings is 2. The van der Waals surface area contributed by atoms with Gasteiger partial charge < -0.3 is 20.9 Å². The average molecular weight is 348 g/mol. The highest BCUT2D eigenvalue weighted by atomic mass is 16.6. The Kier molecular flexibility index (Phi) is 5.22. The molecule has 0 fully saturated rings. The van der Waals surface area contributed by atoms with Crippen LogP contribution in [0.1, 0.15) is 6.92 Å². The smallest absolute Gasteiger partial charge is 0.271 e. The monoisotopic (exact) mass is 348 g/mol. The summed E-state index contributed by atoms with van der Waals surface area (Å²) >= 11 is 0. The zero-order valence-corrected chi connectivity index (χ0v) is 13.2. The molecule has 0 heterocycles. The van der Waals surface area contributed by atoms with Gasteiger partial charge in [-0.05, 0) is 19.1 Å². The number of non-ortho nitro benzene ring substituents is 2. The van der Waals surface area contributed by atoms with E-state index in [0.29, 0.717) is 5.75 Å². The van der Waals surface area contributed by atoms with Crippen LogP contribution in [0.3, 0.4) is 0 Å². The number of anilines is 2. The van der Waals surface area contributed by atoms with E-state index >= 15 is 0 Å². The van der Waals surface area contributed by atoms with Crippen molar-refractivity contribution >= 4 is 22.7 Å². The summed E-state index contributed by atoms with van der Waals surface area (Å²) in [5.41, 5.74) is 11.4. The highest BCUT2D eigenvalue weighted by Crippen LogP contribution is 2.28. The molecule has 0 amide bonds. The Morgan fingerprint density at radius 2 is 1.44 bits per heavy atom. The maximum atomic E-state index is 10.7. The number of rotatable bonds is 7. The highest BCUT2D eigenvalue weighted by molar-refractivity contribution is 5.59. The molecule has 2 aromatic rings. The molecule has 0 saturated heterocycles. The molecule has 2 rings (SSSR count). The lowest BCUT2D eigenvalue weighted by molar-refractivity contribution is -0.385. The minimum absolute atomic E-state index is 0.0957. The Bertz CT molecular complexity index is 811. The zero-order valence-electron chi connectivity index (χ0n) is 13.2. The molecule has 0 bridgehead atoms. The van der Waals surface area contributed by atoms with Crippen molar-refractivity contribution < 1.29 is 19.3 Å². The second-order valence-electron chi connectivity index (χ2n) is 5.20. The molecule has 25 heavy (non-hydrogen) atoms. The van der Waals surface area contributed by atoms with Gasteiger partial charge in [0.2, 0.25) is 0 Å². The fourth-order valence-corrected chi connectivity index (χ4v) is 2.00. The lowest BCUT2D eigenvalue weighted by Gasteiger charge is -2.17. The van der Waals surface area contributed by atoms with Gasteiger partial charge in [-0.25, -0.2) is 0 Å². The van der Waals surface area contributed by atoms with Crippen LogP contribution in [0, 0.1) is 20.2 Å². The summed E-state index contributed by atoms with van der Waals surface area (Å²) < 4.78 is 11.1. The SMILES string of the molecule is CC(COc1ccc([N+](=O)[O-])cc1N)Oc1ccc([N+](=O)[O-])cc1N. The second kappa shape index (κ2) is 7.34. The molecule has 0 spiro atoms. The summed E-state index contributed by atoms with van der Waals surface area (Å²) in [6, 6.07) is 7.79. The quantitative estimate of drug-likeness (QED) is 0.439. The first kappa shape index (κ1) is 17.8. The Morgan fingerprint density at radius 1 is 0.960 bits per heavy atom. The molecule has 0 aliphatic rings. The fraction of sp³-hybridized carbons (Fsp3) is 0.200. The Labute approximate surface area is 142 Å². The van der Waals surface area contributed by atoms with Crippen LogP contribution < -0.4 is 20.9 Å². The van der Waals surface area contributed by atoms with Crippen LogP contribution in [0.15, 0.2) is 36.4 Å². The number of ether oxygens (including phenoxy) is 2. The molecule has 10 nitrogen and oxygen atoms in total. The maximum absolute atomic E-state index is 10.7. The Hall–Kier alpha value is -3.56. The number of hydrogen-bond acceptors (Lipinski definition) is 8. The first-order valence-corrected chi connectivity index (χ1v) is 7.15. The van der Waals surface area contributed by atoms with Crippen LogP contribution in [0.5, 0.6) is 11.5 Å². The van der Waals surface area contributed by atoms with E-state index in [-0.39, 0.29) is 35.1 Å². The standard InChI is InChI=1S/C15H16N4O6/c1-9(25-15-5-3-11(19(22)23)7-13(15)17)8-24-14-4-2-10(18(20)21)6-12(14)16/h2-7,9H,8,16-17H2,1H3. The molecular weight excluding hydrogens is 332 g/mol. The van der Waals surface area contributed by atoms with Crippen molar-refractivity contribution in [3.63, 3.8) is 0 Å². The summed E-state index contributed by atoms with van der Waals surface area (Å²) in [5.74, 6) is 0.580. The highest BCUT2D eigenvalue weighted by Gasteiger charge is 2.14. The number of nitrogens with zero attached hydrogens (tertiary/aromatic N) is 2. The molecular formula is C15H16N4O6. The van der Waals surface area contributed by atoms with E-state index in [1.807, 2.05) is 0 Å². The number of hydrogen-bond donors (Lipinski definition) is 2. The largest absolute Gasteiger partial charge is 0.488 e. The van der Waals surface area contributed by atoms with Gasteiger partial charge in [-0.15, -0.1) is 0 Å². The molecule has 1 unspecified atom stereocenters. The Morgan fingerprint density at radius 3 is 1.88 bits per heavy atom. The van der Waals surface area contributed by atoms with Crippen molar-refractivity contribution in [3.05, 3.63) is 56.6 Å². The second-order valence-corrected chi connectivity index (χ2v) is 5.20. The van der Waals surface area contributed by atoms with Crippen molar-refractivity contribution in [1.82, 2.24) is 0 Å². The van der Waals surface area contributed by atoms with Gasteiger partial charge in [-0.3, -0.25) is 20.2 Å². The molecule has 2 aromatic carbocycles. The van der Waals surface area contributed by atoms with E-state index < -0.39 is 16.0 Å². The average Bonchev–Trinajstić information content (AvgIpc) is 2.55. The van der Waals surface area contributed by atoms with E-state index in [1.54, 1.807) is 6.92 Å². The third-order valence-corrected chi connectivity index (χ3v) is 3.21. The summed E-state index contributed by atoms with van der Waals surface area (Å²) in [7, 11) is 0.